The molecule has 1 saturated carbocycles. The highest BCUT2D eigenvalue weighted by atomic mass is 16.2. The number of H-pyrrole nitrogens is 1. The summed E-state index contributed by atoms with van der Waals surface area (Å²) in [5, 5.41) is 0. The van der Waals surface area contributed by atoms with E-state index < -0.39 is 0 Å². The monoisotopic (exact) mass is 180 g/mol. The van der Waals surface area contributed by atoms with E-state index in [1.165, 1.54) is 10.6 Å². The third-order valence-electron chi connectivity index (χ3n) is 2.31. The molecule has 0 saturated heterocycles. The number of hydrogen-bond acceptors (Lipinski definition) is 2. The lowest BCUT2D eigenvalue weighted by Crippen LogP contribution is -2.34. The quantitative estimate of drug-likeness (QED) is 0.717. The van der Waals surface area contributed by atoms with Crippen LogP contribution in [0.2, 0.25) is 0 Å². The van der Waals surface area contributed by atoms with Gasteiger partial charge in [-0.25, -0.2) is 4.79 Å². The SMILES string of the molecule is CCc1cc(=O)n(C2CC2)c(=O)[nH]1. The molecule has 0 bridgehead atoms. The molecule has 0 aliphatic heterocycles. The fourth-order valence-electron chi connectivity index (χ4n) is 1.42. The first-order valence-electron chi connectivity index (χ1n) is 4.57. The molecule has 1 aliphatic carbocycles. The van der Waals surface area contributed by atoms with E-state index in [1.54, 1.807) is 0 Å². The van der Waals surface area contributed by atoms with Crippen LogP contribution in [-0.4, -0.2) is 9.55 Å². The molecule has 1 fully saturated rings. The maximum absolute atomic E-state index is 11.4. The van der Waals surface area contributed by atoms with Gasteiger partial charge < -0.3 is 4.98 Å². The van der Waals surface area contributed by atoms with Gasteiger partial charge in [0.1, 0.15) is 0 Å². The van der Waals surface area contributed by atoms with Gasteiger partial charge >= 0.3 is 5.69 Å². The molecule has 1 aromatic heterocycles. The Kier molecular flexibility index (Phi) is 1.83. The Hall–Kier alpha value is -1.32. The van der Waals surface area contributed by atoms with Crippen molar-refractivity contribution >= 4 is 0 Å². The van der Waals surface area contributed by atoms with Crippen LogP contribution in [0.3, 0.4) is 0 Å². The average Bonchev–Trinajstić information content (AvgIpc) is 2.87. The molecule has 0 spiro atoms. The highest BCUT2D eigenvalue weighted by molar-refractivity contribution is 5.01. The molecule has 1 aliphatic rings. The van der Waals surface area contributed by atoms with Crippen LogP contribution in [0.5, 0.6) is 0 Å². The predicted molar refractivity (Wildman–Crippen MR) is 49.0 cm³/mol. The van der Waals surface area contributed by atoms with Crippen LogP contribution in [-0.2, 0) is 6.42 Å². The lowest BCUT2D eigenvalue weighted by Gasteiger charge is -2.02. The summed E-state index contributed by atoms with van der Waals surface area (Å²) < 4.78 is 1.32. The summed E-state index contributed by atoms with van der Waals surface area (Å²) in [6.07, 6.45) is 2.60. The van der Waals surface area contributed by atoms with Crippen LogP contribution < -0.4 is 11.2 Å². The lowest BCUT2D eigenvalue weighted by molar-refractivity contribution is 0.647. The van der Waals surface area contributed by atoms with E-state index in [0.29, 0.717) is 12.1 Å². The minimum absolute atomic E-state index is 0.155. The Bertz CT molecular complexity index is 395. The summed E-state index contributed by atoms with van der Waals surface area (Å²) in [4.78, 5) is 25.5. The van der Waals surface area contributed by atoms with Crippen molar-refractivity contribution in [3.05, 3.63) is 32.6 Å². The number of nitrogens with one attached hydrogen (secondary N) is 1. The van der Waals surface area contributed by atoms with Crippen molar-refractivity contribution in [3.63, 3.8) is 0 Å². The first kappa shape index (κ1) is 8.29. The van der Waals surface area contributed by atoms with Crippen molar-refractivity contribution in [3.8, 4) is 0 Å². The number of nitrogens with zero attached hydrogens (tertiary/aromatic N) is 1. The predicted octanol–water partition coefficient (Wildman–Crippen LogP) is 0.434. The molecule has 0 aromatic carbocycles. The Labute approximate surface area is 75.2 Å². The zero-order valence-electron chi connectivity index (χ0n) is 7.54. The summed E-state index contributed by atoms with van der Waals surface area (Å²) >= 11 is 0. The first-order chi connectivity index (χ1) is 6.22. The van der Waals surface area contributed by atoms with Crippen LogP contribution >= 0.6 is 0 Å². The van der Waals surface area contributed by atoms with Gasteiger partial charge in [-0.1, -0.05) is 6.92 Å². The molecule has 0 atom stereocenters. The average molecular weight is 180 g/mol. The van der Waals surface area contributed by atoms with E-state index in [9.17, 15) is 9.59 Å². The van der Waals surface area contributed by atoms with Gasteiger partial charge in [-0.05, 0) is 19.3 Å². The summed E-state index contributed by atoms with van der Waals surface area (Å²) in [6.45, 7) is 1.91. The second kappa shape index (κ2) is 2.87. The molecule has 0 amide bonds. The second-order valence-electron chi connectivity index (χ2n) is 3.39. The largest absolute Gasteiger partial charge is 0.328 e. The summed E-state index contributed by atoms with van der Waals surface area (Å²) in [7, 11) is 0. The van der Waals surface area contributed by atoms with Crippen LogP contribution in [0.4, 0.5) is 0 Å². The topological polar surface area (TPSA) is 54.9 Å². The van der Waals surface area contributed by atoms with Crippen LogP contribution in [0.25, 0.3) is 0 Å². The first-order valence-corrected chi connectivity index (χ1v) is 4.57. The van der Waals surface area contributed by atoms with Crippen molar-refractivity contribution in [2.24, 2.45) is 0 Å². The van der Waals surface area contributed by atoms with E-state index in [0.717, 1.165) is 12.8 Å². The molecule has 1 aromatic rings. The highest BCUT2D eigenvalue weighted by Gasteiger charge is 2.26. The highest BCUT2D eigenvalue weighted by Crippen LogP contribution is 2.31. The van der Waals surface area contributed by atoms with Crippen molar-refractivity contribution in [2.75, 3.05) is 0 Å². The summed E-state index contributed by atoms with van der Waals surface area (Å²) in [6, 6.07) is 1.67. The fourth-order valence-corrected chi connectivity index (χ4v) is 1.42. The van der Waals surface area contributed by atoms with Crippen LogP contribution in [0, 0.1) is 0 Å². The minimum Gasteiger partial charge on any atom is -0.311 e. The van der Waals surface area contributed by atoms with Crippen molar-refractivity contribution in [1.82, 2.24) is 9.55 Å². The fraction of sp³-hybridized carbons (Fsp3) is 0.556. The third kappa shape index (κ3) is 1.43. The van der Waals surface area contributed by atoms with Gasteiger partial charge in [0.05, 0.1) is 0 Å². The lowest BCUT2D eigenvalue weighted by atomic mass is 10.3. The minimum atomic E-state index is -0.258. The van der Waals surface area contributed by atoms with E-state index in [2.05, 4.69) is 4.98 Å². The standard InChI is InChI=1S/C9H12N2O2/c1-2-6-5-8(12)11(7-3-4-7)9(13)10-6/h5,7H,2-4H2,1H3,(H,10,13). The van der Waals surface area contributed by atoms with E-state index >= 15 is 0 Å². The molecule has 0 radical (unpaired) electrons. The van der Waals surface area contributed by atoms with Gasteiger partial charge in [-0.15, -0.1) is 0 Å². The Morgan fingerprint density at radius 1 is 1.54 bits per heavy atom. The maximum atomic E-state index is 11.4. The van der Waals surface area contributed by atoms with Gasteiger partial charge in [0.25, 0.3) is 5.56 Å². The number of aromatic amines is 1. The zero-order valence-corrected chi connectivity index (χ0v) is 7.54. The molecular formula is C9H12N2O2. The zero-order chi connectivity index (χ0) is 9.42. The van der Waals surface area contributed by atoms with Gasteiger partial charge in [-0.2, -0.15) is 0 Å². The molecule has 1 heterocycles. The van der Waals surface area contributed by atoms with Crippen molar-refractivity contribution in [1.29, 1.82) is 0 Å². The molecule has 1 N–H and O–H groups in total. The summed E-state index contributed by atoms with van der Waals surface area (Å²) in [5.41, 5.74) is 0.293. The smallest absolute Gasteiger partial charge is 0.311 e. The van der Waals surface area contributed by atoms with E-state index in [4.69, 9.17) is 0 Å². The Balaban J connectivity index is 2.58. The van der Waals surface area contributed by atoms with Gasteiger partial charge in [0.2, 0.25) is 0 Å². The maximum Gasteiger partial charge on any atom is 0.328 e. The van der Waals surface area contributed by atoms with Crippen molar-refractivity contribution < 1.29 is 0 Å². The third-order valence-corrected chi connectivity index (χ3v) is 2.31. The van der Waals surface area contributed by atoms with Gasteiger partial charge in [0.15, 0.2) is 0 Å². The molecule has 4 heteroatoms. The molecular weight excluding hydrogens is 168 g/mol. The van der Waals surface area contributed by atoms with Crippen LogP contribution in [0.1, 0.15) is 31.5 Å². The molecule has 0 unspecified atom stereocenters. The molecule has 70 valence electrons. The van der Waals surface area contributed by atoms with E-state index in [1.807, 2.05) is 6.92 Å². The van der Waals surface area contributed by atoms with E-state index in [-0.39, 0.29) is 17.3 Å². The molecule has 4 nitrogen and oxygen atoms in total. The number of rotatable bonds is 2. The Morgan fingerprint density at radius 2 is 2.23 bits per heavy atom. The van der Waals surface area contributed by atoms with Crippen LogP contribution in [0.15, 0.2) is 15.7 Å². The second-order valence-corrected chi connectivity index (χ2v) is 3.39. The number of hydrogen-bond donors (Lipinski definition) is 1. The van der Waals surface area contributed by atoms with Gasteiger partial charge in [0, 0.05) is 17.8 Å². The molecule has 13 heavy (non-hydrogen) atoms. The van der Waals surface area contributed by atoms with Gasteiger partial charge in [-0.3, -0.25) is 9.36 Å². The van der Waals surface area contributed by atoms with Crippen molar-refractivity contribution in [2.45, 2.75) is 32.2 Å². The normalized spacial score (nSPS) is 16.1. The molecule has 2 rings (SSSR count). The summed E-state index contributed by atoms with van der Waals surface area (Å²) in [5.74, 6) is 0. The Morgan fingerprint density at radius 3 is 2.69 bits per heavy atom. The number of aromatic nitrogens is 2. The number of aryl methyl sites for hydroxylation is 1.